The van der Waals surface area contributed by atoms with Crippen molar-refractivity contribution >= 4 is 52.8 Å². The number of hydrogen-bond acceptors (Lipinski definition) is 5. The smallest absolute Gasteiger partial charge is 0.232 e. The number of hydrogen-bond donors (Lipinski definition) is 0. The quantitative estimate of drug-likeness (QED) is 0.384. The molecular weight excluding hydrogens is 529 g/mol. The zero-order valence-corrected chi connectivity index (χ0v) is 20.2. The molecule has 0 radical (unpaired) electrons. The van der Waals surface area contributed by atoms with E-state index in [2.05, 4.69) is 0 Å². The Morgan fingerprint density at radius 3 is 2.38 bits per heavy atom. The van der Waals surface area contributed by atoms with E-state index in [1.54, 1.807) is 0 Å². The van der Waals surface area contributed by atoms with Crippen LogP contribution in [0.4, 0.5) is 8.78 Å². The molecule has 1 saturated carbocycles. The van der Waals surface area contributed by atoms with Crippen LogP contribution in [0, 0.1) is 23.5 Å². The van der Waals surface area contributed by atoms with Crippen molar-refractivity contribution < 1.29 is 30.4 Å². The summed E-state index contributed by atoms with van der Waals surface area (Å²) in [6.45, 7) is -0.239. The molecule has 0 spiro atoms. The molecule has 1 heterocycles. The third-order valence-corrected chi connectivity index (χ3v) is 10.6. The topological polar surface area (TPSA) is 77.5 Å². The summed E-state index contributed by atoms with van der Waals surface area (Å²) in [5.41, 5.74) is -0.458. The Hall–Kier alpha value is -1.13. The molecule has 0 aromatic heterocycles. The maximum absolute atomic E-state index is 15.4. The predicted octanol–water partition coefficient (Wildman–Crippen LogP) is 5.32. The van der Waals surface area contributed by atoms with Crippen molar-refractivity contribution in [2.24, 2.45) is 11.8 Å². The van der Waals surface area contributed by atoms with Crippen molar-refractivity contribution in [2.45, 2.75) is 28.9 Å². The van der Waals surface area contributed by atoms with Gasteiger partial charge >= 0.3 is 0 Å². The van der Waals surface area contributed by atoms with Crippen LogP contribution in [0.15, 0.2) is 35.2 Å². The Morgan fingerprint density at radius 1 is 1.09 bits per heavy atom. The monoisotopic (exact) mass is 544 g/mol. The van der Waals surface area contributed by atoms with Crippen LogP contribution in [-0.4, -0.2) is 29.2 Å². The molecule has 4 rings (SSSR count). The molecular formula is C20H17Cl3F2O5S2. The second-order valence-electron chi connectivity index (χ2n) is 8.06. The molecule has 0 amide bonds. The van der Waals surface area contributed by atoms with E-state index in [1.165, 1.54) is 24.3 Å². The average molecular weight is 546 g/mol. The van der Waals surface area contributed by atoms with Gasteiger partial charge in [-0.25, -0.2) is 25.6 Å². The number of benzene rings is 2. The fraction of sp³-hybridized carbons (Fsp3) is 0.400. The Labute approximate surface area is 199 Å². The zero-order chi connectivity index (χ0) is 23.5. The van der Waals surface area contributed by atoms with Gasteiger partial charge in [0.2, 0.25) is 9.05 Å². The Balaban J connectivity index is 1.95. The Kier molecular flexibility index (Phi) is 6.20. The lowest BCUT2D eigenvalue weighted by molar-refractivity contribution is 0.104. The second kappa shape index (κ2) is 8.27. The molecule has 0 N–H and O–H groups in total. The van der Waals surface area contributed by atoms with Crippen LogP contribution >= 0.6 is 33.9 Å². The molecule has 32 heavy (non-hydrogen) atoms. The molecule has 3 atom stereocenters. The van der Waals surface area contributed by atoms with Gasteiger partial charge in [0.1, 0.15) is 4.75 Å². The first kappa shape index (κ1) is 24.0. The lowest BCUT2D eigenvalue weighted by Crippen LogP contribution is -2.52. The van der Waals surface area contributed by atoms with E-state index in [0.29, 0.717) is 5.02 Å². The van der Waals surface area contributed by atoms with Crippen LogP contribution in [0.1, 0.15) is 24.8 Å². The van der Waals surface area contributed by atoms with E-state index >= 15 is 4.39 Å². The number of sulfone groups is 1. The number of ether oxygens (including phenoxy) is 1. The first-order valence-electron chi connectivity index (χ1n) is 9.60. The highest BCUT2D eigenvalue weighted by molar-refractivity contribution is 8.13. The highest BCUT2D eigenvalue weighted by Gasteiger charge is 2.60. The van der Waals surface area contributed by atoms with E-state index in [-0.39, 0.29) is 36.5 Å². The van der Waals surface area contributed by atoms with Crippen molar-refractivity contribution in [1.29, 1.82) is 0 Å². The minimum absolute atomic E-state index is 0.0752. The Bertz CT molecular complexity index is 1280. The lowest BCUT2D eigenvalue weighted by atomic mass is 9.69. The van der Waals surface area contributed by atoms with Crippen LogP contribution in [0.25, 0.3) is 0 Å². The van der Waals surface area contributed by atoms with E-state index in [9.17, 15) is 21.2 Å². The fourth-order valence-corrected chi connectivity index (χ4v) is 8.96. The molecule has 174 valence electrons. The van der Waals surface area contributed by atoms with Gasteiger partial charge in [-0.05, 0) is 55.5 Å². The van der Waals surface area contributed by atoms with E-state index < -0.39 is 63.4 Å². The molecule has 0 unspecified atom stereocenters. The SMILES string of the molecule is O=S(=O)(Cl)C[C@@H]1CC[C@@]2(S(=O)(=O)c3ccc(Cl)cc3)c3c(F)c(Cl)cc(F)c3OC[C@H]2C1. The molecule has 1 aliphatic carbocycles. The highest BCUT2D eigenvalue weighted by atomic mass is 35.7. The summed E-state index contributed by atoms with van der Waals surface area (Å²) in [6, 6.07) is 6.12. The van der Waals surface area contributed by atoms with Gasteiger partial charge in [-0.1, -0.05) is 23.2 Å². The lowest BCUT2D eigenvalue weighted by Gasteiger charge is -2.49. The third-order valence-electron chi connectivity index (χ3n) is 6.22. The number of halogens is 5. The predicted molar refractivity (Wildman–Crippen MR) is 118 cm³/mol. The maximum Gasteiger partial charge on any atom is 0.232 e. The maximum atomic E-state index is 15.4. The molecule has 0 saturated heterocycles. The molecule has 1 aliphatic heterocycles. The molecule has 2 aromatic carbocycles. The minimum atomic E-state index is -4.32. The van der Waals surface area contributed by atoms with Crippen LogP contribution < -0.4 is 4.74 Å². The van der Waals surface area contributed by atoms with Gasteiger partial charge in [0.05, 0.1) is 27.8 Å². The molecule has 5 nitrogen and oxygen atoms in total. The Morgan fingerprint density at radius 2 is 1.75 bits per heavy atom. The largest absolute Gasteiger partial charge is 0.490 e. The average Bonchev–Trinajstić information content (AvgIpc) is 2.70. The van der Waals surface area contributed by atoms with E-state index in [1.807, 2.05) is 0 Å². The third kappa shape index (κ3) is 3.90. The summed E-state index contributed by atoms with van der Waals surface area (Å²) in [6.07, 6.45) is 0.0286. The van der Waals surface area contributed by atoms with Crippen molar-refractivity contribution in [3.05, 3.63) is 57.6 Å². The number of rotatable bonds is 4. The van der Waals surface area contributed by atoms with Gasteiger partial charge in [0.25, 0.3) is 0 Å². The molecule has 1 fully saturated rings. The summed E-state index contributed by atoms with van der Waals surface area (Å²) >= 11 is 11.8. The second-order valence-corrected chi connectivity index (χ2v) is 13.9. The normalized spacial score (nSPS) is 25.5. The zero-order valence-electron chi connectivity index (χ0n) is 16.3. The summed E-state index contributed by atoms with van der Waals surface area (Å²) in [5.74, 6) is -4.23. The van der Waals surface area contributed by atoms with Crippen molar-refractivity contribution in [3.63, 3.8) is 0 Å². The van der Waals surface area contributed by atoms with Crippen LogP contribution in [0.3, 0.4) is 0 Å². The minimum Gasteiger partial charge on any atom is -0.490 e. The van der Waals surface area contributed by atoms with Crippen molar-refractivity contribution in [1.82, 2.24) is 0 Å². The van der Waals surface area contributed by atoms with Gasteiger partial charge in [-0.15, -0.1) is 0 Å². The first-order valence-corrected chi connectivity index (χ1v) is 14.3. The molecule has 12 heteroatoms. The summed E-state index contributed by atoms with van der Waals surface area (Å²) in [7, 11) is -2.76. The first-order chi connectivity index (χ1) is 14.9. The van der Waals surface area contributed by atoms with Crippen molar-refractivity contribution in [3.8, 4) is 5.75 Å². The molecule has 0 bridgehead atoms. The van der Waals surface area contributed by atoms with Gasteiger partial charge in [-0.3, -0.25) is 0 Å². The van der Waals surface area contributed by atoms with E-state index in [0.717, 1.165) is 6.07 Å². The standard InChI is InChI=1S/C20H17Cl3F2O5S2/c21-13-1-3-14(4-2-13)32(28,29)20-6-5-11(10-31(23,26)27)7-12(20)9-30-19-16(24)8-15(22)18(25)17(19)20/h1-4,8,11-12H,5-7,9-10H2/t11-,12-,20+/m1/s1. The van der Waals surface area contributed by atoms with Crippen LogP contribution in [0.5, 0.6) is 5.75 Å². The van der Waals surface area contributed by atoms with Gasteiger partial charge < -0.3 is 4.74 Å². The van der Waals surface area contributed by atoms with Crippen LogP contribution in [0.2, 0.25) is 10.0 Å². The summed E-state index contributed by atoms with van der Waals surface area (Å²) in [5, 5.41) is -0.261. The van der Waals surface area contributed by atoms with Gasteiger partial charge in [0.15, 0.2) is 27.2 Å². The fourth-order valence-electron chi connectivity index (χ4n) is 4.89. The number of fused-ring (bicyclic) bond motifs is 3. The van der Waals surface area contributed by atoms with E-state index in [4.69, 9.17) is 38.6 Å². The molecule has 2 aromatic rings. The van der Waals surface area contributed by atoms with Gasteiger partial charge in [-0.2, -0.15) is 0 Å². The molecule has 2 aliphatic rings. The van der Waals surface area contributed by atoms with Crippen molar-refractivity contribution in [2.75, 3.05) is 12.4 Å². The van der Waals surface area contributed by atoms with Crippen LogP contribution in [-0.2, 0) is 23.6 Å². The van der Waals surface area contributed by atoms with Gasteiger partial charge in [0, 0.05) is 21.6 Å². The summed E-state index contributed by atoms with van der Waals surface area (Å²) in [4.78, 5) is -0.122. The highest BCUT2D eigenvalue weighted by Crippen LogP contribution is 2.58. The summed E-state index contributed by atoms with van der Waals surface area (Å²) < 4.78 is 84.9.